The zero-order valence-corrected chi connectivity index (χ0v) is 10.1. The van der Waals surface area contributed by atoms with Crippen molar-refractivity contribution >= 4 is 5.97 Å². The van der Waals surface area contributed by atoms with Crippen LogP contribution in [0.3, 0.4) is 0 Å². The molecular formula is C14H18O2. The van der Waals surface area contributed by atoms with E-state index in [9.17, 15) is 4.79 Å². The van der Waals surface area contributed by atoms with Crippen LogP contribution < -0.4 is 0 Å². The van der Waals surface area contributed by atoms with Gasteiger partial charge in [-0.2, -0.15) is 0 Å². The number of allylic oxidation sites excluding steroid dienone is 1. The Hall–Kier alpha value is -1.57. The molecule has 1 atom stereocenters. The van der Waals surface area contributed by atoms with E-state index in [0.717, 1.165) is 5.56 Å². The summed E-state index contributed by atoms with van der Waals surface area (Å²) in [7, 11) is 1.41. The second kappa shape index (κ2) is 4.97. The molecule has 16 heavy (non-hydrogen) atoms. The van der Waals surface area contributed by atoms with E-state index >= 15 is 0 Å². The number of hydrogen-bond donors (Lipinski definition) is 0. The summed E-state index contributed by atoms with van der Waals surface area (Å²) in [5.74, 6) is -0.262. The molecule has 0 bridgehead atoms. The highest BCUT2D eigenvalue weighted by Crippen LogP contribution is 2.37. The molecule has 1 rings (SSSR count). The highest BCUT2D eigenvalue weighted by molar-refractivity contribution is 5.77. The highest BCUT2D eigenvalue weighted by atomic mass is 16.5. The molecule has 0 saturated carbocycles. The molecule has 1 aromatic rings. The summed E-state index contributed by atoms with van der Waals surface area (Å²) in [6.07, 6.45) is 1.80. The molecule has 0 saturated heterocycles. The number of rotatable bonds is 4. The topological polar surface area (TPSA) is 26.3 Å². The van der Waals surface area contributed by atoms with Gasteiger partial charge in [-0.3, -0.25) is 4.79 Å². The maximum absolute atomic E-state index is 11.7. The Morgan fingerprint density at radius 1 is 1.38 bits per heavy atom. The van der Waals surface area contributed by atoms with Crippen LogP contribution in [0.25, 0.3) is 0 Å². The fraction of sp³-hybridized carbons (Fsp3) is 0.357. The summed E-state index contributed by atoms with van der Waals surface area (Å²) in [6.45, 7) is 7.56. The maximum atomic E-state index is 11.7. The molecule has 0 spiro atoms. The van der Waals surface area contributed by atoms with Crippen molar-refractivity contribution in [2.24, 2.45) is 5.41 Å². The van der Waals surface area contributed by atoms with Gasteiger partial charge in [-0.25, -0.2) is 0 Å². The number of methoxy groups -OCH3 is 1. The van der Waals surface area contributed by atoms with Crippen molar-refractivity contribution in [3.05, 3.63) is 48.6 Å². The number of hydrogen-bond acceptors (Lipinski definition) is 2. The third-order valence-corrected chi connectivity index (χ3v) is 2.88. The molecule has 1 aromatic carbocycles. The number of carbonyl (C=O) groups excluding carboxylic acids is 1. The Kier molecular flexibility index (Phi) is 3.88. The fourth-order valence-electron chi connectivity index (χ4n) is 1.90. The summed E-state index contributed by atoms with van der Waals surface area (Å²) in [5, 5.41) is 0. The molecule has 0 aliphatic heterocycles. The molecule has 0 aromatic heterocycles. The van der Waals surface area contributed by atoms with Crippen LogP contribution in [0.2, 0.25) is 0 Å². The van der Waals surface area contributed by atoms with Gasteiger partial charge in [0.25, 0.3) is 0 Å². The van der Waals surface area contributed by atoms with E-state index in [0.29, 0.717) is 0 Å². The molecule has 1 unspecified atom stereocenters. The molecule has 2 heteroatoms. The van der Waals surface area contributed by atoms with Crippen LogP contribution in [0.15, 0.2) is 43.0 Å². The third-order valence-electron chi connectivity index (χ3n) is 2.88. The summed E-state index contributed by atoms with van der Waals surface area (Å²) < 4.78 is 4.83. The number of esters is 1. The third kappa shape index (κ3) is 2.32. The van der Waals surface area contributed by atoms with Crippen molar-refractivity contribution in [3.8, 4) is 0 Å². The van der Waals surface area contributed by atoms with Gasteiger partial charge in [0.1, 0.15) is 0 Å². The van der Waals surface area contributed by atoms with E-state index in [4.69, 9.17) is 4.74 Å². The van der Waals surface area contributed by atoms with E-state index in [-0.39, 0.29) is 11.9 Å². The lowest BCUT2D eigenvalue weighted by atomic mass is 9.75. The van der Waals surface area contributed by atoms with E-state index in [1.54, 1.807) is 6.08 Å². The normalized spacial score (nSPS) is 12.9. The molecule has 0 aliphatic carbocycles. The van der Waals surface area contributed by atoms with Crippen LogP contribution in [0, 0.1) is 5.41 Å². The van der Waals surface area contributed by atoms with E-state index in [1.807, 2.05) is 44.2 Å². The molecule has 0 radical (unpaired) electrons. The minimum Gasteiger partial charge on any atom is -0.469 e. The van der Waals surface area contributed by atoms with Crippen molar-refractivity contribution in [1.82, 2.24) is 0 Å². The van der Waals surface area contributed by atoms with Gasteiger partial charge in [-0.1, -0.05) is 36.4 Å². The van der Waals surface area contributed by atoms with Crippen molar-refractivity contribution in [1.29, 1.82) is 0 Å². The van der Waals surface area contributed by atoms with Gasteiger partial charge in [0.2, 0.25) is 0 Å². The van der Waals surface area contributed by atoms with Gasteiger partial charge in [-0.15, -0.1) is 6.58 Å². The molecular weight excluding hydrogens is 200 g/mol. The van der Waals surface area contributed by atoms with Crippen LogP contribution >= 0.6 is 0 Å². The van der Waals surface area contributed by atoms with Gasteiger partial charge < -0.3 is 4.74 Å². The number of ether oxygens (including phenoxy) is 1. The lowest BCUT2D eigenvalue weighted by Gasteiger charge is -2.29. The second-order valence-corrected chi connectivity index (χ2v) is 4.34. The van der Waals surface area contributed by atoms with Gasteiger partial charge in [-0.05, 0) is 19.4 Å². The Morgan fingerprint density at radius 2 is 1.94 bits per heavy atom. The molecule has 0 heterocycles. The van der Waals surface area contributed by atoms with E-state index < -0.39 is 5.41 Å². The van der Waals surface area contributed by atoms with E-state index in [2.05, 4.69) is 6.58 Å². The molecule has 86 valence electrons. The first-order chi connectivity index (χ1) is 7.54. The summed E-state index contributed by atoms with van der Waals surface area (Å²) in [6, 6.07) is 9.86. The standard InChI is InChI=1S/C14H18O2/c1-5-12(11-9-7-6-8-10-11)14(2,3)13(15)16-4/h5-10,12H,1H2,2-4H3. The largest absolute Gasteiger partial charge is 0.469 e. The zero-order chi connectivity index (χ0) is 12.2. The van der Waals surface area contributed by atoms with Crippen LogP contribution in [0.1, 0.15) is 25.3 Å². The molecule has 0 amide bonds. The monoisotopic (exact) mass is 218 g/mol. The lowest BCUT2D eigenvalue weighted by molar-refractivity contribution is -0.151. The van der Waals surface area contributed by atoms with Crippen LogP contribution in [-0.4, -0.2) is 13.1 Å². The predicted octanol–water partition coefficient (Wildman–Crippen LogP) is 3.16. The first-order valence-electron chi connectivity index (χ1n) is 5.30. The molecule has 0 N–H and O–H groups in total. The van der Waals surface area contributed by atoms with Crippen molar-refractivity contribution in [2.75, 3.05) is 7.11 Å². The molecule has 2 nitrogen and oxygen atoms in total. The van der Waals surface area contributed by atoms with Crippen molar-refractivity contribution in [3.63, 3.8) is 0 Å². The summed E-state index contributed by atoms with van der Waals surface area (Å²) in [5.41, 5.74) is 0.477. The molecule has 0 fully saturated rings. The van der Waals surface area contributed by atoms with E-state index in [1.165, 1.54) is 7.11 Å². The van der Waals surface area contributed by atoms with Crippen molar-refractivity contribution in [2.45, 2.75) is 19.8 Å². The maximum Gasteiger partial charge on any atom is 0.312 e. The van der Waals surface area contributed by atoms with Crippen LogP contribution in [0.5, 0.6) is 0 Å². The first kappa shape index (κ1) is 12.5. The summed E-state index contributed by atoms with van der Waals surface area (Å²) in [4.78, 5) is 11.7. The predicted molar refractivity (Wildman–Crippen MR) is 65.2 cm³/mol. The fourth-order valence-corrected chi connectivity index (χ4v) is 1.90. The van der Waals surface area contributed by atoms with Gasteiger partial charge in [0, 0.05) is 5.92 Å². The molecule has 0 aliphatic rings. The summed E-state index contributed by atoms with van der Waals surface area (Å²) >= 11 is 0. The van der Waals surface area contributed by atoms with Crippen LogP contribution in [-0.2, 0) is 9.53 Å². The van der Waals surface area contributed by atoms with Crippen molar-refractivity contribution < 1.29 is 9.53 Å². The lowest BCUT2D eigenvalue weighted by Crippen LogP contribution is -2.31. The average Bonchev–Trinajstić information content (AvgIpc) is 2.30. The van der Waals surface area contributed by atoms with Crippen LogP contribution in [0.4, 0.5) is 0 Å². The SMILES string of the molecule is C=CC(c1ccccc1)C(C)(C)C(=O)OC. The minimum atomic E-state index is -0.599. The minimum absolute atomic E-state index is 0.0406. The highest BCUT2D eigenvalue weighted by Gasteiger charge is 2.36. The second-order valence-electron chi connectivity index (χ2n) is 4.34. The Morgan fingerprint density at radius 3 is 2.38 bits per heavy atom. The zero-order valence-electron chi connectivity index (χ0n) is 10.1. The first-order valence-corrected chi connectivity index (χ1v) is 5.30. The van der Waals surface area contributed by atoms with Gasteiger partial charge in [0.15, 0.2) is 0 Å². The number of benzene rings is 1. The smallest absolute Gasteiger partial charge is 0.312 e. The Bertz CT molecular complexity index is 366. The number of carbonyl (C=O) groups is 1. The van der Waals surface area contributed by atoms with Gasteiger partial charge >= 0.3 is 5.97 Å². The quantitative estimate of drug-likeness (QED) is 0.573. The Labute approximate surface area is 96.9 Å². The Balaban J connectivity index is 3.08. The average molecular weight is 218 g/mol. The van der Waals surface area contributed by atoms with Gasteiger partial charge in [0.05, 0.1) is 12.5 Å².